The molecule has 1 atom stereocenters. The number of methoxy groups -OCH3 is 2. The molecule has 0 aromatic heterocycles. The molecule has 7 heteroatoms. The molecule has 1 unspecified atom stereocenters. The zero-order valence-electron chi connectivity index (χ0n) is 17.2. The molecule has 7 nitrogen and oxygen atoms in total. The molecule has 2 aromatic rings. The highest BCUT2D eigenvalue weighted by atomic mass is 16.5. The van der Waals surface area contributed by atoms with Gasteiger partial charge in [0.15, 0.2) is 0 Å². The molecule has 0 saturated carbocycles. The molecule has 0 bridgehead atoms. The molecule has 0 spiro atoms. The first kappa shape index (κ1) is 21.4. The summed E-state index contributed by atoms with van der Waals surface area (Å²) in [6, 6.07) is 13.8. The van der Waals surface area contributed by atoms with Crippen molar-refractivity contribution in [2.75, 3.05) is 34.0 Å². The fourth-order valence-electron chi connectivity index (χ4n) is 3.39. The molecular weight excluding hydrogens is 384 g/mol. The molecule has 3 rings (SSSR count). The van der Waals surface area contributed by atoms with Crippen molar-refractivity contribution in [1.29, 1.82) is 0 Å². The third-order valence-electron chi connectivity index (χ3n) is 5.07. The van der Waals surface area contributed by atoms with Crippen LogP contribution in [0.1, 0.15) is 17.2 Å². The Bertz CT molecular complexity index is 832. The Kier molecular flexibility index (Phi) is 7.08. The molecule has 1 fully saturated rings. The van der Waals surface area contributed by atoms with E-state index in [1.807, 2.05) is 48.5 Å². The second kappa shape index (κ2) is 9.93. The highest BCUT2D eigenvalue weighted by Gasteiger charge is 2.33. The highest BCUT2D eigenvalue weighted by Crippen LogP contribution is 2.26. The first-order valence-corrected chi connectivity index (χ1v) is 9.66. The van der Waals surface area contributed by atoms with Gasteiger partial charge in [-0.05, 0) is 41.5 Å². The minimum Gasteiger partial charge on any atom is -0.497 e. The van der Waals surface area contributed by atoms with Crippen LogP contribution in [0.5, 0.6) is 11.5 Å². The molecular formula is C23H26N2O5. The van der Waals surface area contributed by atoms with Crippen molar-refractivity contribution in [3.05, 3.63) is 72.3 Å². The van der Waals surface area contributed by atoms with E-state index in [-0.39, 0.29) is 18.4 Å². The quantitative estimate of drug-likeness (QED) is 0.709. The molecule has 2 amide bonds. The van der Waals surface area contributed by atoms with E-state index in [1.54, 1.807) is 14.2 Å². The minimum absolute atomic E-state index is 0.142. The average molecular weight is 410 g/mol. The Hall–Kier alpha value is -3.32. The molecule has 1 aliphatic heterocycles. The van der Waals surface area contributed by atoms with Crippen LogP contribution in [-0.2, 0) is 14.3 Å². The predicted molar refractivity (Wildman–Crippen MR) is 112 cm³/mol. The number of benzene rings is 2. The number of hydrogen-bond acceptors (Lipinski definition) is 5. The second-order valence-corrected chi connectivity index (χ2v) is 6.81. The maximum absolute atomic E-state index is 13.2. The van der Waals surface area contributed by atoms with Gasteiger partial charge in [-0.1, -0.05) is 30.8 Å². The van der Waals surface area contributed by atoms with Crippen LogP contribution in [0.25, 0.3) is 0 Å². The Morgan fingerprint density at radius 2 is 1.60 bits per heavy atom. The zero-order valence-corrected chi connectivity index (χ0v) is 17.2. The molecule has 158 valence electrons. The van der Waals surface area contributed by atoms with Crippen LogP contribution in [0.2, 0.25) is 0 Å². The molecule has 0 radical (unpaired) electrons. The average Bonchev–Trinajstić information content (AvgIpc) is 2.82. The third-order valence-corrected chi connectivity index (χ3v) is 5.07. The summed E-state index contributed by atoms with van der Waals surface area (Å²) in [5.41, 5.74) is 1.76. The Morgan fingerprint density at radius 1 is 1.07 bits per heavy atom. The van der Waals surface area contributed by atoms with E-state index in [0.29, 0.717) is 13.2 Å². The number of ether oxygens (including phenoxy) is 3. The zero-order chi connectivity index (χ0) is 21.5. The summed E-state index contributed by atoms with van der Waals surface area (Å²) in [6.07, 6.45) is 1.22. The lowest BCUT2D eigenvalue weighted by molar-refractivity contribution is -0.145. The van der Waals surface area contributed by atoms with E-state index in [1.165, 1.54) is 11.0 Å². The predicted octanol–water partition coefficient (Wildman–Crippen LogP) is 2.32. The highest BCUT2D eigenvalue weighted by molar-refractivity contribution is 5.93. The minimum atomic E-state index is -0.719. The van der Waals surface area contributed by atoms with E-state index in [2.05, 4.69) is 11.9 Å². The number of amides is 2. The molecule has 1 aliphatic rings. The lowest BCUT2D eigenvalue weighted by atomic mass is 9.97. The van der Waals surface area contributed by atoms with Gasteiger partial charge in [-0.2, -0.15) is 0 Å². The van der Waals surface area contributed by atoms with E-state index in [0.717, 1.165) is 22.6 Å². The fourth-order valence-corrected chi connectivity index (χ4v) is 3.39. The third kappa shape index (κ3) is 4.80. The summed E-state index contributed by atoms with van der Waals surface area (Å²) in [6.45, 7) is 4.41. The summed E-state index contributed by atoms with van der Waals surface area (Å²) < 4.78 is 15.9. The van der Waals surface area contributed by atoms with Gasteiger partial charge in [0, 0.05) is 6.54 Å². The molecule has 1 N–H and O–H groups in total. The number of hydrogen-bond donors (Lipinski definition) is 1. The van der Waals surface area contributed by atoms with Gasteiger partial charge in [-0.25, -0.2) is 0 Å². The molecule has 2 aromatic carbocycles. The second-order valence-electron chi connectivity index (χ2n) is 6.81. The molecule has 0 aliphatic carbocycles. The lowest BCUT2D eigenvalue weighted by Crippen LogP contribution is -2.56. The van der Waals surface area contributed by atoms with Crippen molar-refractivity contribution in [1.82, 2.24) is 10.2 Å². The SMILES string of the molecule is C=CC(=O)N1CCOCC1C(=O)NC(c1ccc(OC)cc1)c1ccc(OC)cc1. The van der Waals surface area contributed by atoms with Gasteiger partial charge in [0.2, 0.25) is 11.8 Å². The Labute approximate surface area is 176 Å². The monoisotopic (exact) mass is 410 g/mol. The topological polar surface area (TPSA) is 77.1 Å². The molecule has 1 saturated heterocycles. The van der Waals surface area contributed by atoms with Crippen LogP contribution in [0.3, 0.4) is 0 Å². The van der Waals surface area contributed by atoms with Crippen LogP contribution >= 0.6 is 0 Å². The van der Waals surface area contributed by atoms with Crippen LogP contribution < -0.4 is 14.8 Å². The van der Waals surface area contributed by atoms with Crippen molar-refractivity contribution in [3.63, 3.8) is 0 Å². The summed E-state index contributed by atoms with van der Waals surface area (Å²) in [5, 5.41) is 3.07. The van der Waals surface area contributed by atoms with Crippen molar-refractivity contribution < 1.29 is 23.8 Å². The maximum atomic E-state index is 13.2. The standard InChI is InChI=1S/C23H26N2O5/c1-4-21(26)25-13-14-30-15-20(25)23(27)24-22(16-5-9-18(28-2)10-6-16)17-7-11-19(29-3)12-8-17/h4-12,20,22H,1,13-15H2,2-3H3,(H,24,27). The van der Waals surface area contributed by atoms with E-state index in [9.17, 15) is 9.59 Å². The molecule has 1 heterocycles. The van der Waals surface area contributed by atoms with Crippen molar-refractivity contribution in [3.8, 4) is 11.5 Å². The lowest BCUT2D eigenvalue weighted by Gasteiger charge is -2.35. The smallest absolute Gasteiger partial charge is 0.246 e. The number of rotatable bonds is 7. The van der Waals surface area contributed by atoms with Gasteiger partial charge in [0.05, 0.1) is 33.5 Å². The number of nitrogens with one attached hydrogen (secondary N) is 1. The van der Waals surface area contributed by atoms with Gasteiger partial charge in [-0.15, -0.1) is 0 Å². The van der Waals surface area contributed by atoms with Crippen molar-refractivity contribution >= 4 is 11.8 Å². The van der Waals surface area contributed by atoms with Crippen molar-refractivity contribution in [2.24, 2.45) is 0 Å². The molecule has 30 heavy (non-hydrogen) atoms. The van der Waals surface area contributed by atoms with Crippen molar-refractivity contribution in [2.45, 2.75) is 12.1 Å². The summed E-state index contributed by atoms with van der Waals surface area (Å²) in [5.74, 6) is 0.870. The van der Waals surface area contributed by atoms with Crippen LogP contribution in [0.15, 0.2) is 61.2 Å². The first-order chi connectivity index (χ1) is 14.6. The largest absolute Gasteiger partial charge is 0.497 e. The summed E-state index contributed by atoms with van der Waals surface area (Å²) in [7, 11) is 3.21. The van der Waals surface area contributed by atoms with E-state index < -0.39 is 12.1 Å². The fraction of sp³-hybridized carbons (Fsp3) is 0.304. The van der Waals surface area contributed by atoms with E-state index in [4.69, 9.17) is 14.2 Å². The van der Waals surface area contributed by atoms with Crippen LogP contribution in [-0.4, -0.2) is 56.7 Å². The van der Waals surface area contributed by atoms with Gasteiger partial charge in [-0.3, -0.25) is 9.59 Å². The van der Waals surface area contributed by atoms with Gasteiger partial charge < -0.3 is 24.4 Å². The normalized spacial score (nSPS) is 16.1. The number of morpholine rings is 1. The van der Waals surface area contributed by atoms with Gasteiger partial charge in [0.1, 0.15) is 17.5 Å². The van der Waals surface area contributed by atoms with Crippen LogP contribution in [0.4, 0.5) is 0 Å². The summed E-state index contributed by atoms with van der Waals surface area (Å²) >= 11 is 0. The number of nitrogens with zero attached hydrogens (tertiary/aromatic N) is 1. The maximum Gasteiger partial charge on any atom is 0.246 e. The Balaban J connectivity index is 1.89. The Morgan fingerprint density at radius 3 is 2.07 bits per heavy atom. The number of carbonyl (C=O) groups is 2. The summed E-state index contributed by atoms with van der Waals surface area (Å²) in [4.78, 5) is 26.8. The van der Waals surface area contributed by atoms with E-state index >= 15 is 0 Å². The van der Waals surface area contributed by atoms with Crippen LogP contribution in [0, 0.1) is 0 Å². The van der Waals surface area contributed by atoms with Gasteiger partial charge >= 0.3 is 0 Å². The first-order valence-electron chi connectivity index (χ1n) is 9.66. The van der Waals surface area contributed by atoms with Gasteiger partial charge in [0.25, 0.3) is 0 Å². The number of carbonyl (C=O) groups excluding carboxylic acids is 2.